The number of carbonyl (C=O) groups is 4. The van der Waals surface area contributed by atoms with Crippen LogP contribution < -0.4 is 10.6 Å². The number of ether oxygens (including phenoxy) is 2. The van der Waals surface area contributed by atoms with Gasteiger partial charge in [-0.1, -0.05) is 45.9 Å². The normalized spacial score (nSPS) is 25.7. The Bertz CT molecular complexity index is 1890. The van der Waals surface area contributed by atoms with Crippen LogP contribution in [0.5, 0.6) is 0 Å². The lowest BCUT2D eigenvalue weighted by atomic mass is 9.51. The molecule has 56 heavy (non-hydrogen) atoms. The summed E-state index contributed by atoms with van der Waals surface area (Å²) in [4.78, 5) is 72.1. The second-order valence-electron chi connectivity index (χ2n) is 17.1. The highest BCUT2D eigenvalue weighted by molar-refractivity contribution is 5.87. The van der Waals surface area contributed by atoms with Crippen LogP contribution in [0.4, 0.5) is 9.59 Å². The fourth-order valence-corrected chi connectivity index (χ4v) is 9.85. The third-order valence-corrected chi connectivity index (χ3v) is 13.3. The highest BCUT2D eigenvalue weighted by Crippen LogP contribution is 2.58. The number of alkyl carbamates (subject to hydrolysis) is 2. The number of methoxy groups -OCH3 is 2. The van der Waals surface area contributed by atoms with Gasteiger partial charge < -0.3 is 39.9 Å². The summed E-state index contributed by atoms with van der Waals surface area (Å²) in [5, 5.41) is 5.46. The van der Waals surface area contributed by atoms with Gasteiger partial charge in [0.1, 0.15) is 23.7 Å². The fraction of sp³-hybridized carbons (Fsp3) is 0.619. The van der Waals surface area contributed by atoms with E-state index in [9.17, 15) is 19.2 Å². The van der Waals surface area contributed by atoms with Gasteiger partial charge in [-0.25, -0.2) is 19.6 Å². The molecule has 0 radical (unpaired) electrons. The highest BCUT2D eigenvalue weighted by Gasteiger charge is 2.51. The zero-order chi connectivity index (χ0) is 39.8. The molecule has 1 unspecified atom stereocenters. The molecule has 3 aliphatic carbocycles. The Balaban J connectivity index is 1.02. The summed E-state index contributed by atoms with van der Waals surface area (Å²) in [5.74, 6) is 1.19. The lowest BCUT2D eigenvalue weighted by Crippen LogP contribution is -2.51. The molecule has 3 saturated carbocycles. The molecule has 4 heterocycles. The maximum atomic E-state index is 13.7. The van der Waals surface area contributed by atoms with E-state index in [1.54, 1.807) is 0 Å². The van der Waals surface area contributed by atoms with E-state index in [1.807, 2.05) is 49.9 Å². The van der Waals surface area contributed by atoms with Gasteiger partial charge in [0.2, 0.25) is 11.8 Å². The van der Waals surface area contributed by atoms with Crippen molar-refractivity contribution in [3.8, 4) is 11.3 Å². The molecule has 2 saturated heterocycles. The Hall–Kier alpha value is -4.88. The van der Waals surface area contributed by atoms with Gasteiger partial charge in [0.15, 0.2) is 0 Å². The van der Waals surface area contributed by atoms with E-state index < -0.39 is 24.3 Å². The number of benzene rings is 1. The molecule has 0 spiro atoms. The Morgan fingerprint density at radius 1 is 0.732 bits per heavy atom. The molecule has 14 nitrogen and oxygen atoms in total. The van der Waals surface area contributed by atoms with Gasteiger partial charge in [-0.15, -0.1) is 0 Å². The number of hydrogen-bond donors (Lipinski definition) is 4. The summed E-state index contributed by atoms with van der Waals surface area (Å²) in [6.07, 6.45) is 12.5. The summed E-state index contributed by atoms with van der Waals surface area (Å²) in [6.45, 7) is 8.93. The number of fused-ring (bicyclic) bond motifs is 3. The van der Waals surface area contributed by atoms with Crippen molar-refractivity contribution in [2.45, 2.75) is 127 Å². The minimum Gasteiger partial charge on any atom is -0.453 e. The predicted molar refractivity (Wildman–Crippen MR) is 209 cm³/mol. The van der Waals surface area contributed by atoms with E-state index in [0.29, 0.717) is 13.1 Å². The Morgan fingerprint density at radius 2 is 1.23 bits per heavy atom. The molecule has 2 aliphatic heterocycles. The zero-order valence-corrected chi connectivity index (χ0v) is 33.7. The predicted octanol–water partition coefficient (Wildman–Crippen LogP) is 6.43. The van der Waals surface area contributed by atoms with Crippen LogP contribution >= 0.6 is 0 Å². The number of carbonyl (C=O) groups excluding carboxylic acids is 4. The minimum absolute atomic E-state index is 0.0365. The molecule has 2 bridgehead atoms. The average molecular weight is 771 g/mol. The van der Waals surface area contributed by atoms with Crippen LogP contribution in [-0.4, -0.2) is 93.1 Å². The summed E-state index contributed by atoms with van der Waals surface area (Å²) >= 11 is 0. The topological polar surface area (TPSA) is 175 Å². The number of imidazole rings is 2. The smallest absolute Gasteiger partial charge is 0.407 e. The van der Waals surface area contributed by atoms with Gasteiger partial charge in [-0.2, -0.15) is 0 Å². The van der Waals surface area contributed by atoms with Gasteiger partial charge in [0, 0.05) is 30.4 Å². The molecular formula is C42H58N8O6. The van der Waals surface area contributed by atoms with Crippen molar-refractivity contribution in [1.29, 1.82) is 0 Å². The number of likely N-dealkylation sites (tertiary alicyclic amines) is 2. The van der Waals surface area contributed by atoms with Crippen molar-refractivity contribution in [2.24, 2.45) is 11.8 Å². The summed E-state index contributed by atoms with van der Waals surface area (Å²) < 4.78 is 9.59. The number of rotatable bonds is 11. The first-order chi connectivity index (χ1) is 26.9. The van der Waals surface area contributed by atoms with Crippen LogP contribution in [0.3, 0.4) is 0 Å². The van der Waals surface area contributed by atoms with E-state index >= 15 is 0 Å². The monoisotopic (exact) mass is 770 g/mol. The third kappa shape index (κ3) is 7.38. The second-order valence-corrected chi connectivity index (χ2v) is 17.1. The second kappa shape index (κ2) is 15.9. The number of nitrogens with one attached hydrogen (secondary N) is 4. The van der Waals surface area contributed by atoms with Gasteiger partial charge in [0.25, 0.3) is 0 Å². The van der Waals surface area contributed by atoms with Crippen LogP contribution in [0.25, 0.3) is 11.3 Å². The van der Waals surface area contributed by atoms with Gasteiger partial charge in [0.05, 0.1) is 38.2 Å². The largest absolute Gasteiger partial charge is 0.453 e. The Morgan fingerprint density at radius 3 is 1.75 bits per heavy atom. The molecule has 3 aromatic rings. The number of aromatic nitrogens is 4. The molecule has 4 atom stereocenters. The molecule has 302 valence electrons. The van der Waals surface area contributed by atoms with Crippen molar-refractivity contribution in [3.05, 3.63) is 59.6 Å². The van der Waals surface area contributed by atoms with Crippen LogP contribution in [0, 0.1) is 11.8 Å². The SMILES string of the molecule is COC(=O)NC(C(=O)N1CCC[C@H]1c1ncc(C23CCC(c4cccc(-c5cnc([C@@H]6CCCN6C(=O)[C@@H](NC(=O)OC)C(C)C)[nH]5)c4)(CC2)CC3)[nH]1)C(C)C. The van der Waals surface area contributed by atoms with Crippen molar-refractivity contribution in [1.82, 2.24) is 40.4 Å². The van der Waals surface area contributed by atoms with Crippen molar-refractivity contribution >= 4 is 24.0 Å². The van der Waals surface area contributed by atoms with Crippen molar-refractivity contribution in [3.63, 3.8) is 0 Å². The van der Waals surface area contributed by atoms with E-state index in [-0.39, 0.29) is 46.6 Å². The highest BCUT2D eigenvalue weighted by atomic mass is 16.5. The van der Waals surface area contributed by atoms with E-state index in [1.165, 1.54) is 25.5 Å². The Kier molecular flexibility index (Phi) is 11.2. The molecule has 4 amide bonds. The van der Waals surface area contributed by atoms with Crippen LogP contribution in [0.2, 0.25) is 0 Å². The average Bonchev–Trinajstić information content (AvgIpc) is 4.06. The van der Waals surface area contributed by atoms with E-state index in [4.69, 9.17) is 19.4 Å². The fourth-order valence-electron chi connectivity index (χ4n) is 9.85. The zero-order valence-electron chi connectivity index (χ0n) is 33.7. The molecule has 5 fully saturated rings. The van der Waals surface area contributed by atoms with E-state index in [0.717, 1.165) is 87.1 Å². The standard InChI is InChI=1S/C42H58N8O6/c1-25(2)33(47-39(53)55-5)37(51)49-20-8-12-30(49)35-43-23-29(45-35)27-10-7-11-28(22-27)41-14-17-42(18-15-41,19-16-41)32-24-44-36(46-32)31-13-9-21-50(31)38(52)34(26(3)4)48-40(54)56-6/h7,10-11,22-26,30-31,33-34H,8-9,12-21H2,1-6H3,(H,43,45)(H,44,46)(H,47,53)(H,48,54)/t30-,31-,33-,34?,41?,42?/m0/s1. The lowest BCUT2D eigenvalue weighted by molar-refractivity contribution is -0.136. The first-order valence-electron chi connectivity index (χ1n) is 20.4. The molecule has 4 N–H and O–H groups in total. The number of hydrogen-bond acceptors (Lipinski definition) is 8. The minimum atomic E-state index is -0.678. The molecule has 2 aromatic heterocycles. The lowest BCUT2D eigenvalue weighted by Gasteiger charge is -2.53. The first kappa shape index (κ1) is 39.4. The van der Waals surface area contributed by atoms with Gasteiger partial charge in [-0.3, -0.25) is 9.59 Å². The van der Waals surface area contributed by atoms with E-state index in [2.05, 4.69) is 44.9 Å². The molecular weight excluding hydrogens is 713 g/mol. The molecule has 5 aliphatic rings. The van der Waals surface area contributed by atoms with Crippen molar-refractivity contribution < 1.29 is 28.7 Å². The summed E-state index contributed by atoms with van der Waals surface area (Å²) in [7, 11) is 2.61. The number of H-pyrrole nitrogens is 2. The number of nitrogens with zero attached hydrogens (tertiary/aromatic N) is 4. The maximum absolute atomic E-state index is 13.7. The summed E-state index contributed by atoms with van der Waals surface area (Å²) in [5.41, 5.74) is 4.68. The Labute approximate surface area is 329 Å². The van der Waals surface area contributed by atoms with Gasteiger partial charge >= 0.3 is 12.2 Å². The van der Waals surface area contributed by atoms with Crippen LogP contribution in [0.1, 0.15) is 127 Å². The third-order valence-electron chi connectivity index (χ3n) is 13.3. The number of amides is 4. The maximum Gasteiger partial charge on any atom is 0.407 e. The summed E-state index contributed by atoms with van der Waals surface area (Å²) in [6, 6.07) is 7.18. The first-order valence-corrected chi connectivity index (χ1v) is 20.4. The molecule has 8 rings (SSSR count). The van der Waals surface area contributed by atoms with Crippen molar-refractivity contribution in [2.75, 3.05) is 27.3 Å². The number of aromatic amines is 2. The quantitative estimate of drug-likeness (QED) is 0.173. The van der Waals surface area contributed by atoms with Crippen LogP contribution in [-0.2, 0) is 29.9 Å². The molecule has 14 heteroatoms. The molecule has 1 aromatic carbocycles. The van der Waals surface area contributed by atoms with Gasteiger partial charge in [-0.05, 0) is 98.7 Å². The van der Waals surface area contributed by atoms with Crippen LogP contribution in [0.15, 0.2) is 36.7 Å².